The van der Waals surface area contributed by atoms with Gasteiger partial charge in [0.25, 0.3) is 5.91 Å². The van der Waals surface area contributed by atoms with E-state index in [0.717, 1.165) is 17.0 Å². The Bertz CT molecular complexity index is 902. The maximum atomic E-state index is 13.0. The van der Waals surface area contributed by atoms with E-state index >= 15 is 0 Å². The van der Waals surface area contributed by atoms with Gasteiger partial charge < -0.3 is 9.88 Å². The van der Waals surface area contributed by atoms with Gasteiger partial charge in [-0.25, -0.2) is 4.98 Å². The number of imidazole rings is 1. The second kappa shape index (κ2) is 7.25. The highest BCUT2D eigenvalue weighted by atomic mass is 32.1. The van der Waals surface area contributed by atoms with E-state index in [0.29, 0.717) is 30.7 Å². The van der Waals surface area contributed by atoms with Crippen LogP contribution in [0.25, 0.3) is 0 Å². The molecule has 6 heteroatoms. The molecule has 1 amide bonds. The number of ketones is 1. The molecule has 26 heavy (non-hydrogen) atoms. The summed E-state index contributed by atoms with van der Waals surface area (Å²) in [6, 6.07) is 13.2. The Hall–Kier alpha value is -2.73. The third-order valence-corrected chi connectivity index (χ3v) is 5.62. The molecule has 0 bridgehead atoms. The molecular weight excluding hydrogens is 346 g/mol. The van der Waals surface area contributed by atoms with Crippen LogP contribution in [0, 0.1) is 0 Å². The van der Waals surface area contributed by atoms with Gasteiger partial charge in [-0.15, -0.1) is 11.3 Å². The number of amides is 1. The van der Waals surface area contributed by atoms with E-state index in [9.17, 15) is 9.59 Å². The highest BCUT2D eigenvalue weighted by molar-refractivity contribution is 7.12. The number of aromatic nitrogens is 2. The van der Waals surface area contributed by atoms with Crippen LogP contribution in [0.4, 0.5) is 0 Å². The van der Waals surface area contributed by atoms with Gasteiger partial charge in [0.2, 0.25) is 0 Å². The monoisotopic (exact) mass is 365 g/mol. The van der Waals surface area contributed by atoms with Crippen molar-refractivity contribution in [3.8, 4) is 0 Å². The zero-order chi connectivity index (χ0) is 17.9. The molecule has 2 aromatic heterocycles. The van der Waals surface area contributed by atoms with Crippen molar-refractivity contribution >= 4 is 23.0 Å². The van der Waals surface area contributed by atoms with Crippen LogP contribution in [0.1, 0.15) is 33.0 Å². The number of aromatic amines is 1. The SMILES string of the molecule is O=C(CCc1ccccc1)[C@H]1Cc2nc[nH]c2CN1C(=O)c1cccs1. The number of rotatable bonds is 5. The van der Waals surface area contributed by atoms with E-state index in [-0.39, 0.29) is 11.7 Å². The topological polar surface area (TPSA) is 66.1 Å². The van der Waals surface area contributed by atoms with Gasteiger partial charge in [-0.3, -0.25) is 9.59 Å². The summed E-state index contributed by atoms with van der Waals surface area (Å²) in [4.78, 5) is 35.7. The summed E-state index contributed by atoms with van der Waals surface area (Å²) in [5.74, 6) is 0.00530. The molecule has 1 aliphatic rings. The second-order valence-corrected chi connectivity index (χ2v) is 7.36. The first-order valence-corrected chi connectivity index (χ1v) is 9.52. The summed E-state index contributed by atoms with van der Waals surface area (Å²) in [5.41, 5.74) is 2.94. The smallest absolute Gasteiger partial charge is 0.264 e. The summed E-state index contributed by atoms with van der Waals surface area (Å²) in [6.07, 6.45) is 3.21. The van der Waals surface area contributed by atoms with Crippen molar-refractivity contribution in [2.45, 2.75) is 31.8 Å². The number of hydrogen-bond donors (Lipinski definition) is 1. The standard InChI is InChI=1S/C20H19N3O2S/c24-18(9-8-14-5-2-1-3-6-14)17-11-15-16(22-13-21-15)12-23(17)20(25)19-7-4-10-26-19/h1-7,10,13,17H,8-9,11-12H2,(H,21,22)/t17-/m1/s1. The third-order valence-electron chi connectivity index (χ3n) is 4.77. The highest BCUT2D eigenvalue weighted by Crippen LogP contribution is 2.25. The normalized spacial score (nSPS) is 16.3. The number of hydrogen-bond acceptors (Lipinski definition) is 4. The Kier molecular flexibility index (Phi) is 4.67. The average Bonchev–Trinajstić information content (AvgIpc) is 3.36. The van der Waals surface area contributed by atoms with Crippen molar-refractivity contribution in [1.29, 1.82) is 0 Å². The number of fused-ring (bicyclic) bond motifs is 1. The average molecular weight is 365 g/mol. The lowest BCUT2D eigenvalue weighted by atomic mass is 9.95. The molecule has 0 saturated carbocycles. The lowest BCUT2D eigenvalue weighted by molar-refractivity contribution is -0.124. The van der Waals surface area contributed by atoms with Crippen molar-refractivity contribution < 1.29 is 9.59 Å². The zero-order valence-corrected chi connectivity index (χ0v) is 15.0. The molecule has 3 aromatic rings. The molecule has 1 aromatic carbocycles. The highest BCUT2D eigenvalue weighted by Gasteiger charge is 2.36. The maximum Gasteiger partial charge on any atom is 0.264 e. The van der Waals surface area contributed by atoms with Crippen LogP contribution in [-0.4, -0.2) is 32.6 Å². The molecule has 0 unspecified atom stereocenters. The van der Waals surface area contributed by atoms with Crippen LogP contribution >= 0.6 is 11.3 Å². The molecule has 1 atom stereocenters. The van der Waals surface area contributed by atoms with Crippen molar-refractivity contribution in [3.63, 3.8) is 0 Å². The molecule has 4 rings (SSSR count). The predicted molar refractivity (Wildman–Crippen MR) is 100 cm³/mol. The molecular formula is C20H19N3O2S. The molecule has 5 nitrogen and oxygen atoms in total. The van der Waals surface area contributed by atoms with Gasteiger partial charge in [-0.1, -0.05) is 36.4 Å². The fourth-order valence-corrected chi connectivity index (χ4v) is 4.04. The molecule has 0 spiro atoms. The minimum absolute atomic E-state index is 0.0849. The molecule has 3 heterocycles. The van der Waals surface area contributed by atoms with Crippen molar-refractivity contribution in [1.82, 2.24) is 14.9 Å². The Balaban J connectivity index is 1.54. The van der Waals surface area contributed by atoms with Crippen LogP contribution in [0.5, 0.6) is 0 Å². The van der Waals surface area contributed by atoms with Gasteiger partial charge in [-0.05, 0) is 23.4 Å². The molecule has 0 aliphatic carbocycles. The number of Topliss-reactive ketones (excluding diaryl/α,β-unsaturated/α-hetero) is 1. The molecule has 132 valence electrons. The van der Waals surface area contributed by atoms with Crippen LogP contribution in [0.2, 0.25) is 0 Å². The Morgan fingerprint density at radius 3 is 2.81 bits per heavy atom. The van der Waals surface area contributed by atoms with Gasteiger partial charge in [0.15, 0.2) is 5.78 Å². The van der Waals surface area contributed by atoms with E-state index < -0.39 is 6.04 Å². The van der Waals surface area contributed by atoms with Gasteiger partial charge >= 0.3 is 0 Å². The van der Waals surface area contributed by atoms with E-state index in [1.165, 1.54) is 11.3 Å². The van der Waals surface area contributed by atoms with Crippen molar-refractivity contribution in [3.05, 3.63) is 76.0 Å². The molecule has 0 radical (unpaired) electrons. The van der Waals surface area contributed by atoms with Crippen molar-refractivity contribution in [2.75, 3.05) is 0 Å². The summed E-state index contributed by atoms with van der Waals surface area (Å²) in [6.45, 7) is 0.397. The summed E-state index contributed by atoms with van der Waals surface area (Å²) in [7, 11) is 0. The zero-order valence-electron chi connectivity index (χ0n) is 14.2. The minimum atomic E-state index is -0.455. The van der Waals surface area contributed by atoms with Gasteiger partial charge in [0.05, 0.1) is 35.2 Å². The number of thiophene rings is 1. The van der Waals surface area contributed by atoms with Gasteiger partial charge in [0.1, 0.15) is 0 Å². The number of carbonyl (C=O) groups is 2. The third kappa shape index (κ3) is 3.32. The number of nitrogens with one attached hydrogen (secondary N) is 1. The quantitative estimate of drug-likeness (QED) is 0.755. The van der Waals surface area contributed by atoms with Crippen LogP contribution in [0.3, 0.4) is 0 Å². The summed E-state index contributed by atoms with van der Waals surface area (Å²) >= 11 is 1.40. The Morgan fingerprint density at radius 2 is 2.04 bits per heavy atom. The lowest BCUT2D eigenvalue weighted by Gasteiger charge is -2.34. The first-order valence-electron chi connectivity index (χ1n) is 8.64. The van der Waals surface area contributed by atoms with Crippen LogP contribution in [-0.2, 0) is 24.2 Å². The summed E-state index contributed by atoms with van der Waals surface area (Å²) < 4.78 is 0. The van der Waals surface area contributed by atoms with Crippen molar-refractivity contribution in [2.24, 2.45) is 0 Å². The van der Waals surface area contributed by atoms with E-state index in [4.69, 9.17) is 0 Å². The maximum absolute atomic E-state index is 13.0. The number of benzene rings is 1. The molecule has 1 aliphatic heterocycles. The number of carbonyl (C=O) groups excluding carboxylic acids is 2. The van der Waals surface area contributed by atoms with Crippen LogP contribution in [0.15, 0.2) is 54.2 Å². The number of H-pyrrole nitrogens is 1. The fraction of sp³-hybridized carbons (Fsp3) is 0.250. The molecule has 1 N–H and O–H groups in total. The summed E-state index contributed by atoms with van der Waals surface area (Å²) in [5, 5.41) is 1.88. The Labute approximate surface area is 155 Å². The van der Waals surface area contributed by atoms with Gasteiger partial charge in [-0.2, -0.15) is 0 Å². The number of aryl methyl sites for hydroxylation is 1. The van der Waals surface area contributed by atoms with E-state index in [2.05, 4.69) is 9.97 Å². The lowest BCUT2D eigenvalue weighted by Crippen LogP contribution is -2.48. The van der Waals surface area contributed by atoms with Gasteiger partial charge in [0, 0.05) is 12.8 Å². The van der Waals surface area contributed by atoms with E-state index in [1.807, 2.05) is 41.8 Å². The van der Waals surface area contributed by atoms with Crippen LogP contribution < -0.4 is 0 Å². The van der Waals surface area contributed by atoms with E-state index in [1.54, 1.807) is 17.3 Å². The first-order chi connectivity index (χ1) is 12.7. The Morgan fingerprint density at radius 1 is 1.19 bits per heavy atom. The number of nitrogens with zero attached hydrogens (tertiary/aromatic N) is 2. The second-order valence-electron chi connectivity index (χ2n) is 6.41. The fourth-order valence-electron chi connectivity index (χ4n) is 3.36. The predicted octanol–water partition coefficient (Wildman–Crippen LogP) is 3.24. The molecule has 0 saturated heterocycles. The first kappa shape index (κ1) is 16.7. The molecule has 0 fully saturated rings. The minimum Gasteiger partial charge on any atom is -0.347 e. The largest absolute Gasteiger partial charge is 0.347 e.